The third-order valence-corrected chi connectivity index (χ3v) is 7.67. The lowest BCUT2D eigenvalue weighted by Gasteiger charge is -2.31. The van der Waals surface area contributed by atoms with Crippen LogP contribution in [0.4, 0.5) is 0 Å². The third kappa shape index (κ3) is 4.46. The zero-order valence-electron chi connectivity index (χ0n) is 20.2. The molecule has 6 heteroatoms. The fourth-order valence-corrected chi connectivity index (χ4v) is 5.85. The van der Waals surface area contributed by atoms with Crippen LogP contribution in [-0.4, -0.2) is 22.8 Å². The highest BCUT2D eigenvalue weighted by Gasteiger charge is 2.53. The number of nitrogens with zero attached hydrogens (tertiary/aromatic N) is 4. The summed E-state index contributed by atoms with van der Waals surface area (Å²) in [6.45, 7) is 0. The van der Waals surface area contributed by atoms with Gasteiger partial charge in [0.25, 0.3) is 0 Å². The first-order valence-electron chi connectivity index (χ1n) is 12.1. The maximum absolute atomic E-state index is 14.2. The molecule has 2 heterocycles. The highest BCUT2D eigenvalue weighted by Crippen LogP contribution is 2.52. The minimum absolute atomic E-state index is 0.0135. The maximum Gasteiger partial charge on any atom is 0.185 e. The Labute approximate surface area is 230 Å². The summed E-state index contributed by atoms with van der Waals surface area (Å²) < 4.78 is 0.902. The topological polar surface area (TPSA) is 91.7 Å². The quantitative estimate of drug-likeness (QED) is 0.262. The van der Waals surface area contributed by atoms with E-state index in [9.17, 15) is 20.6 Å². The van der Waals surface area contributed by atoms with E-state index in [1.165, 1.54) is 0 Å². The summed E-state index contributed by atoms with van der Waals surface area (Å²) in [5.74, 6) is -0.914. The fraction of sp³-hybridized carbons (Fsp3) is 0.125. The number of ketones is 1. The van der Waals surface area contributed by atoms with Crippen LogP contribution in [0, 0.1) is 39.9 Å². The molecule has 3 aromatic carbocycles. The van der Waals surface area contributed by atoms with E-state index in [1.807, 2.05) is 83.8 Å². The van der Waals surface area contributed by atoms with Crippen LogP contribution in [0.15, 0.2) is 119 Å². The molecule has 1 fully saturated rings. The Balaban J connectivity index is 1.81. The maximum atomic E-state index is 14.2. The lowest BCUT2D eigenvalue weighted by molar-refractivity contribution is 0.0881. The summed E-state index contributed by atoms with van der Waals surface area (Å²) in [5.41, 5.74) is 3.28. The van der Waals surface area contributed by atoms with Gasteiger partial charge in [-0.3, -0.25) is 4.79 Å². The number of allylic oxidation sites excluding steroid dienone is 3. The molecule has 5 nitrogen and oxygen atoms in total. The molecule has 182 valence electrons. The van der Waals surface area contributed by atoms with Gasteiger partial charge in [-0.2, -0.15) is 15.8 Å². The molecule has 0 bridgehead atoms. The van der Waals surface area contributed by atoms with Gasteiger partial charge in [0.2, 0.25) is 0 Å². The lowest BCUT2D eigenvalue weighted by Crippen LogP contribution is -2.39. The second-order valence-corrected chi connectivity index (χ2v) is 10.1. The fourth-order valence-electron chi connectivity index (χ4n) is 5.59. The highest BCUT2D eigenvalue weighted by molar-refractivity contribution is 9.10. The van der Waals surface area contributed by atoms with E-state index in [0.29, 0.717) is 16.7 Å². The van der Waals surface area contributed by atoms with Crippen LogP contribution in [0.2, 0.25) is 0 Å². The Morgan fingerprint density at radius 3 is 2.00 bits per heavy atom. The molecular formula is C32H21BrN4O. The zero-order chi connectivity index (χ0) is 26.6. The number of fused-ring (bicyclic) bond motifs is 1. The molecule has 0 N–H and O–H groups in total. The summed E-state index contributed by atoms with van der Waals surface area (Å²) >= 11 is 3.51. The van der Waals surface area contributed by atoms with Gasteiger partial charge in [-0.15, -0.1) is 0 Å². The van der Waals surface area contributed by atoms with E-state index < -0.39 is 17.9 Å². The average Bonchev–Trinajstić information content (AvgIpc) is 3.30. The number of carbonyl (C=O) groups is 1. The van der Waals surface area contributed by atoms with Gasteiger partial charge in [0.15, 0.2) is 5.78 Å². The SMILES string of the molecule is N#CC1=CN2[C@H](C=C1)[C@@H](C(=C(C#N)C#N)c1ccccc1)[C@@H](c1ccc(Br)cc1)[C@H]2C(=O)c1ccccc1. The number of hydrogen-bond donors (Lipinski definition) is 0. The first-order chi connectivity index (χ1) is 18.6. The Bertz CT molecular complexity index is 1570. The molecule has 4 atom stereocenters. The number of Topliss-reactive ketones (excluding diaryl/α,β-unsaturated/α-hetero) is 1. The van der Waals surface area contributed by atoms with Gasteiger partial charge in [-0.05, 0) is 34.9 Å². The second-order valence-electron chi connectivity index (χ2n) is 9.15. The van der Waals surface area contributed by atoms with Crippen molar-refractivity contribution in [1.29, 1.82) is 15.8 Å². The molecule has 5 rings (SSSR count). The molecule has 1 saturated heterocycles. The van der Waals surface area contributed by atoms with Crippen LogP contribution in [0.25, 0.3) is 5.57 Å². The molecule has 0 aliphatic carbocycles. The summed E-state index contributed by atoms with van der Waals surface area (Å²) in [5, 5.41) is 29.8. The number of rotatable bonds is 5. The Morgan fingerprint density at radius 2 is 1.42 bits per heavy atom. The van der Waals surface area contributed by atoms with E-state index in [1.54, 1.807) is 24.4 Å². The second kappa shape index (κ2) is 10.7. The van der Waals surface area contributed by atoms with Gasteiger partial charge in [-0.1, -0.05) is 94.8 Å². The molecular weight excluding hydrogens is 536 g/mol. The molecule has 2 aliphatic rings. The van der Waals surface area contributed by atoms with Gasteiger partial charge in [0.1, 0.15) is 23.8 Å². The van der Waals surface area contributed by atoms with Crippen molar-refractivity contribution in [3.63, 3.8) is 0 Å². The number of nitriles is 3. The van der Waals surface area contributed by atoms with E-state index in [0.717, 1.165) is 15.6 Å². The van der Waals surface area contributed by atoms with Gasteiger partial charge in [-0.25, -0.2) is 0 Å². The van der Waals surface area contributed by atoms with Crippen molar-refractivity contribution >= 4 is 27.3 Å². The minimum atomic E-state index is -0.667. The summed E-state index contributed by atoms with van der Waals surface area (Å²) in [6, 6.07) is 31.8. The zero-order valence-corrected chi connectivity index (χ0v) is 21.8. The molecule has 2 aliphatic heterocycles. The summed E-state index contributed by atoms with van der Waals surface area (Å²) in [7, 11) is 0. The first kappa shape index (κ1) is 25.0. The molecule has 0 radical (unpaired) electrons. The number of carbonyl (C=O) groups excluding carboxylic acids is 1. The van der Waals surface area contributed by atoms with Gasteiger partial charge in [0.05, 0.1) is 17.7 Å². The number of hydrogen-bond acceptors (Lipinski definition) is 5. The molecule has 38 heavy (non-hydrogen) atoms. The predicted octanol–water partition coefficient (Wildman–Crippen LogP) is 6.56. The minimum Gasteiger partial charge on any atom is -0.358 e. The van der Waals surface area contributed by atoms with Crippen LogP contribution >= 0.6 is 15.9 Å². The van der Waals surface area contributed by atoms with Crippen molar-refractivity contribution in [2.24, 2.45) is 5.92 Å². The number of benzene rings is 3. The standard InChI is InChI=1S/C32H21BrN4O/c33-26-14-12-23(13-15-26)29-30(28(25(18-35)19-36)22-7-3-1-4-8-22)27-16-11-21(17-34)20-37(27)31(29)32(38)24-9-5-2-6-10-24/h1-16,20,27,29-31H/t27-,29-,30+,31+/m1/s1. The highest BCUT2D eigenvalue weighted by atomic mass is 79.9. The van der Waals surface area contributed by atoms with Crippen LogP contribution in [0.5, 0.6) is 0 Å². The Kier molecular flexibility index (Phi) is 7.05. The largest absolute Gasteiger partial charge is 0.358 e. The smallest absolute Gasteiger partial charge is 0.185 e. The molecule has 3 aromatic rings. The first-order valence-corrected chi connectivity index (χ1v) is 12.9. The van der Waals surface area contributed by atoms with E-state index in [2.05, 4.69) is 34.1 Å². The van der Waals surface area contributed by atoms with Crippen molar-refractivity contribution < 1.29 is 4.79 Å². The Hall–Kier alpha value is -4.70. The van der Waals surface area contributed by atoms with E-state index >= 15 is 0 Å². The van der Waals surface area contributed by atoms with E-state index in [-0.39, 0.29) is 17.4 Å². The van der Waals surface area contributed by atoms with Crippen molar-refractivity contribution in [2.45, 2.75) is 18.0 Å². The van der Waals surface area contributed by atoms with Crippen molar-refractivity contribution in [1.82, 2.24) is 4.90 Å². The normalized spacial score (nSPS) is 21.3. The number of halogens is 1. The molecule has 0 unspecified atom stereocenters. The lowest BCUT2D eigenvalue weighted by atomic mass is 9.73. The molecule has 0 spiro atoms. The van der Waals surface area contributed by atoms with Gasteiger partial charge in [0, 0.05) is 28.1 Å². The van der Waals surface area contributed by atoms with Crippen molar-refractivity contribution in [2.75, 3.05) is 0 Å². The molecule has 0 saturated carbocycles. The molecule has 0 aromatic heterocycles. The molecule has 0 amide bonds. The Morgan fingerprint density at radius 1 is 0.816 bits per heavy atom. The third-order valence-electron chi connectivity index (χ3n) is 7.14. The van der Waals surface area contributed by atoms with E-state index in [4.69, 9.17) is 0 Å². The van der Waals surface area contributed by atoms with Crippen LogP contribution in [-0.2, 0) is 0 Å². The summed E-state index contributed by atoms with van der Waals surface area (Å²) in [6.07, 6.45) is 5.41. The summed E-state index contributed by atoms with van der Waals surface area (Å²) in [4.78, 5) is 16.2. The van der Waals surface area contributed by atoms with Crippen LogP contribution in [0.1, 0.15) is 27.4 Å². The van der Waals surface area contributed by atoms with Crippen LogP contribution in [0.3, 0.4) is 0 Å². The van der Waals surface area contributed by atoms with Crippen molar-refractivity contribution in [3.8, 4) is 18.2 Å². The van der Waals surface area contributed by atoms with Gasteiger partial charge < -0.3 is 4.90 Å². The van der Waals surface area contributed by atoms with Crippen LogP contribution < -0.4 is 0 Å². The average molecular weight is 557 g/mol. The predicted molar refractivity (Wildman–Crippen MR) is 148 cm³/mol. The van der Waals surface area contributed by atoms with Crippen molar-refractivity contribution in [3.05, 3.63) is 136 Å². The van der Waals surface area contributed by atoms with Gasteiger partial charge >= 0.3 is 0 Å². The monoisotopic (exact) mass is 556 g/mol.